The maximum atomic E-state index is 13.2. The molecule has 82 valence electrons. The summed E-state index contributed by atoms with van der Waals surface area (Å²) in [6, 6.07) is 0. The van der Waals surface area contributed by atoms with E-state index in [0.717, 1.165) is 6.42 Å². The van der Waals surface area contributed by atoms with Crippen LogP contribution in [0.3, 0.4) is 0 Å². The Morgan fingerprint density at radius 1 is 1.50 bits per heavy atom. The fraction of sp³-hybridized carbons (Fsp3) is 1.00. The lowest BCUT2D eigenvalue weighted by molar-refractivity contribution is -0.329. The first-order chi connectivity index (χ1) is 6.37. The Labute approximate surface area is 89.8 Å². The molecule has 2 aliphatic carbocycles. The van der Waals surface area contributed by atoms with Crippen molar-refractivity contribution in [1.29, 1.82) is 0 Å². The molecule has 0 aromatic carbocycles. The lowest BCUT2D eigenvalue weighted by Gasteiger charge is -2.66. The van der Waals surface area contributed by atoms with Crippen molar-refractivity contribution in [2.24, 2.45) is 5.41 Å². The molecule has 2 unspecified atom stereocenters. The number of hydrogen-bond donors (Lipinski definition) is 1. The summed E-state index contributed by atoms with van der Waals surface area (Å²) in [5.74, 6) is 0. The number of alkyl halides is 3. The zero-order valence-corrected chi connectivity index (χ0v) is 9.48. The molecule has 2 atom stereocenters. The van der Waals surface area contributed by atoms with Gasteiger partial charge < -0.3 is 9.84 Å². The van der Waals surface area contributed by atoms with Crippen molar-refractivity contribution in [3.05, 3.63) is 0 Å². The third kappa shape index (κ3) is 1.01. The highest BCUT2D eigenvalue weighted by Gasteiger charge is 2.76. The van der Waals surface area contributed by atoms with Gasteiger partial charge in [0.15, 0.2) is 0 Å². The first-order valence-electron chi connectivity index (χ1n) is 4.69. The number of hydrogen-bond acceptors (Lipinski definition) is 2. The van der Waals surface area contributed by atoms with Crippen LogP contribution >= 0.6 is 15.9 Å². The maximum absolute atomic E-state index is 13.2. The standard InChI is InChI=1S/C9H13BrF2O2/c1-14-6-5-8(13,9(10,11)12)7(6)3-2-4-7/h6,13H,2-5H2,1H3. The minimum absolute atomic E-state index is 0.0156. The lowest BCUT2D eigenvalue weighted by Crippen LogP contribution is -2.75. The van der Waals surface area contributed by atoms with Gasteiger partial charge in [-0.05, 0) is 28.8 Å². The van der Waals surface area contributed by atoms with E-state index >= 15 is 0 Å². The molecule has 2 nitrogen and oxygen atoms in total. The average molecular weight is 271 g/mol. The Morgan fingerprint density at radius 3 is 2.36 bits per heavy atom. The molecule has 2 saturated carbocycles. The maximum Gasteiger partial charge on any atom is 0.330 e. The predicted molar refractivity (Wildman–Crippen MR) is 50.5 cm³/mol. The molecular formula is C9H13BrF2O2. The van der Waals surface area contributed by atoms with Crippen LogP contribution in [0.1, 0.15) is 25.7 Å². The number of ether oxygens (including phenoxy) is 1. The van der Waals surface area contributed by atoms with Gasteiger partial charge in [-0.2, -0.15) is 8.78 Å². The molecule has 0 amide bonds. The molecule has 0 aromatic rings. The molecule has 0 radical (unpaired) electrons. The monoisotopic (exact) mass is 270 g/mol. The summed E-state index contributed by atoms with van der Waals surface area (Å²) in [5.41, 5.74) is -2.63. The molecule has 0 aromatic heterocycles. The Morgan fingerprint density at radius 2 is 2.07 bits per heavy atom. The first kappa shape index (κ1) is 10.8. The lowest BCUT2D eigenvalue weighted by atomic mass is 9.45. The Hall–Kier alpha value is 0.260. The molecule has 0 saturated heterocycles. The van der Waals surface area contributed by atoms with Crippen LogP contribution in [-0.2, 0) is 4.74 Å². The normalized spacial score (nSPS) is 40.5. The van der Waals surface area contributed by atoms with Gasteiger partial charge in [0.1, 0.15) is 5.60 Å². The smallest absolute Gasteiger partial charge is 0.330 e. The van der Waals surface area contributed by atoms with Crippen molar-refractivity contribution in [2.45, 2.75) is 42.2 Å². The van der Waals surface area contributed by atoms with Gasteiger partial charge in [0.05, 0.1) is 6.10 Å². The molecule has 0 aliphatic heterocycles. The highest BCUT2D eigenvalue weighted by molar-refractivity contribution is 9.10. The molecule has 1 N–H and O–H groups in total. The van der Waals surface area contributed by atoms with Crippen LogP contribution in [0.15, 0.2) is 0 Å². The second-order valence-corrected chi connectivity index (χ2v) is 5.29. The van der Waals surface area contributed by atoms with Crippen molar-refractivity contribution in [3.8, 4) is 0 Å². The minimum atomic E-state index is -3.21. The Kier molecular flexibility index (Phi) is 2.22. The predicted octanol–water partition coefficient (Wildman–Crippen LogP) is 2.29. The van der Waals surface area contributed by atoms with E-state index in [-0.39, 0.29) is 12.5 Å². The number of aliphatic hydroxyl groups is 1. The van der Waals surface area contributed by atoms with Crippen LogP contribution in [0.4, 0.5) is 8.78 Å². The van der Waals surface area contributed by atoms with E-state index in [1.54, 1.807) is 0 Å². The third-order valence-electron chi connectivity index (χ3n) is 3.92. The fourth-order valence-electron chi connectivity index (χ4n) is 2.80. The Bertz CT molecular complexity index is 250. The van der Waals surface area contributed by atoms with Crippen LogP contribution in [0, 0.1) is 5.41 Å². The van der Waals surface area contributed by atoms with Crippen LogP contribution in [0.5, 0.6) is 0 Å². The first-order valence-corrected chi connectivity index (χ1v) is 5.49. The highest BCUT2D eigenvalue weighted by Crippen LogP contribution is 2.68. The van der Waals surface area contributed by atoms with E-state index in [4.69, 9.17) is 4.74 Å². The van der Waals surface area contributed by atoms with Gasteiger partial charge in [-0.1, -0.05) is 6.42 Å². The molecular weight excluding hydrogens is 258 g/mol. The van der Waals surface area contributed by atoms with Gasteiger partial charge in [-0.3, -0.25) is 0 Å². The van der Waals surface area contributed by atoms with Gasteiger partial charge in [0.2, 0.25) is 0 Å². The zero-order chi connectivity index (χ0) is 10.6. The van der Waals surface area contributed by atoms with Gasteiger partial charge in [0.25, 0.3) is 0 Å². The summed E-state index contributed by atoms with van der Waals surface area (Å²) in [7, 11) is 1.51. The van der Waals surface area contributed by atoms with E-state index in [9.17, 15) is 13.9 Å². The van der Waals surface area contributed by atoms with E-state index < -0.39 is 15.8 Å². The molecule has 5 heteroatoms. The van der Waals surface area contributed by atoms with Crippen molar-refractivity contribution in [3.63, 3.8) is 0 Å². The van der Waals surface area contributed by atoms with Crippen molar-refractivity contribution < 1.29 is 18.6 Å². The van der Waals surface area contributed by atoms with Gasteiger partial charge in [0, 0.05) is 18.9 Å². The quantitative estimate of drug-likeness (QED) is 0.781. The number of halogens is 3. The summed E-state index contributed by atoms with van der Waals surface area (Å²) in [4.78, 5) is -3.21. The van der Waals surface area contributed by atoms with Crippen molar-refractivity contribution in [1.82, 2.24) is 0 Å². The summed E-state index contributed by atoms with van der Waals surface area (Å²) in [5, 5.41) is 9.94. The fourth-order valence-corrected chi connectivity index (χ4v) is 3.36. The molecule has 0 bridgehead atoms. The van der Waals surface area contributed by atoms with Crippen LogP contribution in [-0.4, -0.2) is 28.8 Å². The van der Waals surface area contributed by atoms with E-state index in [0.29, 0.717) is 12.8 Å². The number of methoxy groups -OCH3 is 1. The SMILES string of the molecule is COC1CC(O)(C(F)(F)Br)C12CCC2. The largest absolute Gasteiger partial charge is 0.382 e. The van der Waals surface area contributed by atoms with Gasteiger partial charge in [-0.25, -0.2) is 0 Å². The molecule has 14 heavy (non-hydrogen) atoms. The summed E-state index contributed by atoms with van der Waals surface area (Å²) >= 11 is 2.28. The van der Waals surface area contributed by atoms with Crippen LogP contribution < -0.4 is 0 Å². The summed E-state index contributed by atoms with van der Waals surface area (Å²) in [6.45, 7) is 0. The van der Waals surface area contributed by atoms with Crippen molar-refractivity contribution in [2.75, 3.05) is 7.11 Å². The topological polar surface area (TPSA) is 29.5 Å². The van der Waals surface area contributed by atoms with E-state index in [2.05, 4.69) is 15.9 Å². The molecule has 1 spiro atoms. The molecule has 2 rings (SSSR count). The van der Waals surface area contributed by atoms with Crippen LogP contribution in [0.25, 0.3) is 0 Å². The molecule has 2 fully saturated rings. The van der Waals surface area contributed by atoms with E-state index in [1.807, 2.05) is 0 Å². The average Bonchev–Trinajstić information content (AvgIpc) is 1.93. The number of rotatable bonds is 2. The molecule has 0 heterocycles. The van der Waals surface area contributed by atoms with Crippen LogP contribution in [0.2, 0.25) is 0 Å². The van der Waals surface area contributed by atoms with E-state index in [1.165, 1.54) is 7.11 Å². The summed E-state index contributed by atoms with van der Waals surface area (Å²) < 4.78 is 31.5. The minimum Gasteiger partial charge on any atom is -0.382 e. The zero-order valence-electron chi connectivity index (χ0n) is 7.90. The van der Waals surface area contributed by atoms with Gasteiger partial charge >= 0.3 is 4.83 Å². The van der Waals surface area contributed by atoms with Crippen molar-refractivity contribution >= 4 is 15.9 Å². The third-order valence-corrected chi connectivity index (χ3v) is 4.58. The second-order valence-electron chi connectivity index (χ2n) is 4.30. The summed E-state index contributed by atoms with van der Waals surface area (Å²) in [6.07, 6.45) is 1.95. The second kappa shape index (κ2) is 2.89. The van der Waals surface area contributed by atoms with Gasteiger partial charge in [-0.15, -0.1) is 0 Å². The molecule has 2 aliphatic rings. The Balaban J connectivity index is 2.24. The highest BCUT2D eigenvalue weighted by atomic mass is 79.9.